The van der Waals surface area contributed by atoms with Gasteiger partial charge >= 0.3 is 6.03 Å². The Bertz CT molecular complexity index is 422. The molecule has 1 saturated carbocycles. The number of hydrogen-bond acceptors (Lipinski definition) is 3. The Kier molecular flexibility index (Phi) is 4.62. The summed E-state index contributed by atoms with van der Waals surface area (Å²) in [6.45, 7) is 9.07. The lowest BCUT2D eigenvalue weighted by molar-refractivity contribution is -0.133. The molecule has 5 heteroatoms. The van der Waals surface area contributed by atoms with E-state index < -0.39 is 5.54 Å². The Balaban J connectivity index is 2.12. The monoisotopic (exact) mass is 312 g/mol. The second kappa shape index (κ2) is 5.82. The van der Waals surface area contributed by atoms with E-state index in [0.717, 1.165) is 25.7 Å². The lowest BCUT2D eigenvalue weighted by atomic mass is 9.77. The molecule has 120 valence electrons. The molecule has 0 bridgehead atoms. The van der Waals surface area contributed by atoms with Crippen molar-refractivity contribution >= 4 is 24.6 Å². The van der Waals surface area contributed by atoms with E-state index in [9.17, 15) is 9.59 Å². The van der Waals surface area contributed by atoms with Crippen LogP contribution in [0.5, 0.6) is 0 Å². The first-order chi connectivity index (χ1) is 9.69. The zero-order valence-corrected chi connectivity index (χ0v) is 14.5. The number of nitrogens with one attached hydrogen (secondary N) is 1. The summed E-state index contributed by atoms with van der Waals surface area (Å²) in [5, 5.41) is 2.98. The van der Waals surface area contributed by atoms with Crippen molar-refractivity contribution in [2.75, 3.05) is 12.3 Å². The van der Waals surface area contributed by atoms with Crippen molar-refractivity contribution in [2.24, 2.45) is 17.3 Å². The Labute approximate surface area is 133 Å². The molecule has 1 aliphatic carbocycles. The predicted octanol–water partition coefficient (Wildman–Crippen LogP) is 3.08. The van der Waals surface area contributed by atoms with Crippen LogP contribution in [0.2, 0.25) is 0 Å². The van der Waals surface area contributed by atoms with Gasteiger partial charge in [0, 0.05) is 6.54 Å². The quantitative estimate of drug-likeness (QED) is 0.621. The third kappa shape index (κ3) is 3.22. The summed E-state index contributed by atoms with van der Waals surface area (Å²) in [6, 6.07) is -0.217. The van der Waals surface area contributed by atoms with Crippen molar-refractivity contribution < 1.29 is 9.59 Å². The van der Waals surface area contributed by atoms with Gasteiger partial charge in [-0.2, -0.15) is 12.6 Å². The average Bonchev–Trinajstić information content (AvgIpc) is 2.62. The molecule has 3 amide bonds. The standard InChI is InChI=1S/C16H28N2O2S/c1-11-5-7-16(8-6-11)13(19)18(14(20)17-16)9-12(10-21)15(2,3)4/h11-12,21H,5-10H2,1-4H3,(H,17,20). The summed E-state index contributed by atoms with van der Waals surface area (Å²) in [6.07, 6.45) is 3.57. The molecule has 1 heterocycles. The van der Waals surface area contributed by atoms with E-state index in [4.69, 9.17) is 0 Å². The molecule has 2 rings (SSSR count). The lowest BCUT2D eigenvalue weighted by Crippen LogP contribution is -2.49. The number of urea groups is 1. The minimum absolute atomic E-state index is 0.0181. The van der Waals surface area contributed by atoms with Crippen molar-refractivity contribution in [3.63, 3.8) is 0 Å². The van der Waals surface area contributed by atoms with Gasteiger partial charge in [-0.05, 0) is 48.7 Å². The molecule has 1 saturated heterocycles. The van der Waals surface area contributed by atoms with Crippen molar-refractivity contribution in [1.82, 2.24) is 10.2 Å². The molecule has 1 spiro atoms. The van der Waals surface area contributed by atoms with E-state index in [-0.39, 0.29) is 23.3 Å². The van der Waals surface area contributed by atoms with Gasteiger partial charge in [0.2, 0.25) is 0 Å². The van der Waals surface area contributed by atoms with Gasteiger partial charge < -0.3 is 5.32 Å². The number of nitrogens with zero attached hydrogens (tertiary/aromatic N) is 1. The average molecular weight is 312 g/mol. The van der Waals surface area contributed by atoms with Crippen LogP contribution >= 0.6 is 12.6 Å². The van der Waals surface area contributed by atoms with Gasteiger partial charge in [0.05, 0.1) is 0 Å². The first-order valence-corrected chi connectivity index (χ1v) is 8.58. The number of carbonyl (C=O) groups is 2. The Morgan fingerprint density at radius 1 is 1.33 bits per heavy atom. The molecular weight excluding hydrogens is 284 g/mol. The molecule has 2 aliphatic rings. The number of thiol groups is 1. The number of amides is 3. The van der Waals surface area contributed by atoms with Crippen LogP contribution in [0.1, 0.15) is 53.4 Å². The zero-order chi connectivity index (χ0) is 15.8. The maximum Gasteiger partial charge on any atom is 0.325 e. The smallest absolute Gasteiger partial charge is 0.323 e. The Hall–Kier alpha value is -0.710. The van der Waals surface area contributed by atoms with Crippen LogP contribution in [0.3, 0.4) is 0 Å². The first-order valence-electron chi connectivity index (χ1n) is 7.94. The van der Waals surface area contributed by atoms with E-state index in [1.807, 2.05) is 0 Å². The van der Waals surface area contributed by atoms with Gasteiger partial charge in [-0.3, -0.25) is 9.69 Å². The second-order valence-corrected chi connectivity index (χ2v) is 8.22. The van der Waals surface area contributed by atoms with Crippen LogP contribution < -0.4 is 5.32 Å². The molecule has 0 aromatic carbocycles. The molecule has 21 heavy (non-hydrogen) atoms. The minimum Gasteiger partial charge on any atom is -0.323 e. The molecule has 1 unspecified atom stereocenters. The van der Waals surface area contributed by atoms with Crippen LogP contribution in [0.15, 0.2) is 0 Å². The van der Waals surface area contributed by atoms with E-state index in [1.165, 1.54) is 4.90 Å². The van der Waals surface area contributed by atoms with Gasteiger partial charge in [-0.15, -0.1) is 0 Å². The third-order valence-corrected chi connectivity index (χ3v) is 5.66. The number of hydrogen-bond donors (Lipinski definition) is 2. The normalized spacial score (nSPS) is 31.7. The van der Waals surface area contributed by atoms with E-state index in [0.29, 0.717) is 18.2 Å². The molecule has 1 aliphatic heterocycles. The molecule has 1 N–H and O–H groups in total. The summed E-state index contributed by atoms with van der Waals surface area (Å²) < 4.78 is 0. The van der Waals surface area contributed by atoms with Crippen molar-refractivity contribution in [2.45, 2.75) is 58.9 Å². The van der Waals surface area contributed by atoms with Crippen LogP contribution in [-0.2, 0) is 4.79 Å². The van der Waals surface area contributed by atoms with Gasteiger partial charge in [-0.25, -0.2) is 4.79 Å². The topological polar surface area (TPSA) is 49.4 Å². The highest BCUT2D eigenvalue weighted by Crippen LogP contribution is 2.37. The number of imide groups is 1. The first kappa shape index (κ1) is 16.7. The van der Waals surface area contributed by atoms with Crippen molar-refractivity contribution in [1.29, 1.82) is 0 Å². The molecule has 4 nitrogen and oxygen atoms in total. The van der Waals surface area contributed by atoms with Crippen LogP contribution in [0.4, 0.5) is 4.79 Å². The lowest BCUT2D eigenvalue weighted by Gasteiger charge is -2.35. The Morgan fingerprint density at radius 2 is 1.90 bits per heavy atom. The highest BCUT2D eigenvalue weighted by atomic mass is 32.1. The van der Waals surface area contributed by atoms with Gasteiger partial charge in [0.25, 0.3) is 5.91 Å². The molecule has 0 radical (unpaired) electrons. The Morgan fingerprint density at radius 3 is 2.38 bits per heavy atom. The molecule has 0 aromatic rings. The van der Waals surface area contributed by atoms with E-state index in [2.05, 4.69) is 45.6 Å². The third-order valence-electron chi connectivity index (χ3n) is 5.22. The fourth-order valence-corrected chi connectivity index (χ4v) is 3.92. The summed E-state index contributed by atoms with van der Waals surface area (Å²) in [4.78, 5) is 26.5. The summed E-state index contributed by atoms with van der Waals surface area (Å²) >= 11 is 4.40. The predicted molar refractivity (Wildman–Crippen MR) is 87.4 cm³/mol. The van der Waals surface area contributed by atoms with Crippen LogP contribution in [0.25, 0.3) is 0 Å². The summed E-state index contributed by atoms with van der Waals surface area (Å²) in [5.74, 6) is 1.50. The van der Waals surface area contributed by atoms with Crippen LogP contribution in [-0.4, -0.2) is 34.7 Å². The van der Waals surface area contributed by atoms with E-state index >= 15 is 0 Å². The van der Waals surface area contributed by atoms with Crippen molar-refractivity contribution in [3.8, 4) is 0 Å². The zero-order valence-electron chi connectivity index (χ0n) is 13.6. The fourth-order valence-electron chi connectivity index (χ4n) is 3.26. The highest BCUT2D eigenvalue weighted by molar-refractivity contribution is 7.80. The molecular formula is C16H28N2O2S. The van der Waals surface area contributed by atoms with Crippen LogP contribution in [0, 0.1) is 17.3 Å². The molecule has 1 atom stereocenters. The van der Waals surface area contributed by atoms with E-state index in [1.54, 1.807) is 0 Å². The van der Waals surface area contributed by atoms with Gasteiger partial charge in [0.1, 0.15) is 5.54 Å². The summed E-state index contributed by atoms with van der Waals surface area (Å²) in [5.41, 5.74) is -0.595. The largest absolute Gasteiger partial charge is 0.325 e. The molecule has 2 fully saturated rings. The maximum atomic E-state index is 12.8. The number of carbonyl (C=O) groups excluding carboxylic acids is 2. The molecule has 0 aromatic heterocycles. The highest BCUT2D eigenvalue weighted by Gasteiger charge is 2.52. The van der Waals surface area contributed by atoms with Crippen molar-refractivity contribution in [3.05, 3.63) is 0 Å². The maximum absolute atomic E-state index is 12.8. The van der Waals surface area contributed by atoms with Gasteiger partial charge in [-0.1, -0.05) is 27.7 Å². The fraction of sp³-hybridized carbons (Fsp3) is 0.875. The minimum atomic E-state index is -0.622. The summed E-state index contributed by atoms with van der Waals surface area (Å²) in [7, 11) is 0. The number of rotatable bonds is 3. The van der Waals surface area contributed by atoms with Gasteiger partial charge in [0.15, 0.2) is 0 Å². The second-order valence-electron chi connectivity index (χ2n) is 7.86. The SMILES string of the molecule is CC1CCC2(CC1)NC(=O)N(CC(CS)C(C)(C)C)C2=O.